The molecule has 18 heteroatoms. The minimum atomic E-state index is -0.171. The number of rotatable bonds is 5. The zero-order valence-corrected chi connectivity index (χ0v) is 34.7. The molecule has 0 unspecified atom stereocenters. The van der Waals surface area contributed by atoms with Gasteiger partial charge in [0.1, 0.15) is 26.2 Å². The quantitative estimate of drug-likeness (QED) is 0.0533. The van der Waals surface area contributed by atoms with Crippen molar-refractivity contribution in [3.8, 4) is 5.88 Å². The maximum absolute atomic E-state index is 10.5. The molecular weight excluding hydrogens is 1070 g/mol. The van der Waals surface area contributed by atoms with Gasteiger partial charge in [-0.3, -0.25) is 4.79 Å². The zero-order valence-electron chi connectivity index (χ0n) is 25.4. The number of aryl methyl sites for hydroxylation is 3. The second-order valence-corrected chi connectivity index (χ2v) is 11.3. The molecule has 0 saturated heterocycles. The molecule has 5 aromatic rings. The number of H-pyrrole nitrogens is 1. The third kappa shape index (κ3) is 21.8. The summed E-state index contributed by atoms with van der Waals surface area (Å²) in [5.41, 5.74) is 10.00. The van der Waals surface area contributed by atoms with Crippen molar-refractivity contribution in [3.63, 3.8) is 0 Å². The maximum Gasteiger partial charge on any atom is 1.00 e. The Labute approximate surface area is 343 Å². The minimum Gasteiger partial charge on any atom is -0.509 e. The SMILES string of the molecule is BrCc1ccccc1.Cc1[nH]c(=O)cnc1Br.Cc1nc(N)cnc1Br.Cc1nc(OCc2ccccc2)cnc1Br.O=[C-]OO.[Ag+].[Ag]. The summed E-state index contributed by atoms with van der Waals surface area (Å²) in [5.74, 6) is 1.00. The number of benzene rings is 2. The summed E-state index contributed by atoms with van der Waals surface area (Å²) in [6.45, 7) is 6.75. The summed E-state index contributed by atoms with van der Waals surface area (Å²) in [4.78, 5) is 44.4. The Balaban J connectivity index is 0. The first-order valence-corrected chi connectivity index (χ1v) is 16.4. The largest absolute Gasteiger partial charge is 1.00 e. The Morgan fingerprint density at radius 2 is 1.29 bits per heavy atom. The number of ether oxygens (including phenoxy) is 1. The van der Waals surface area contributed by atoms with Crippen molar-refractivity contribution in [2.24, 2.45) is 0 Å². The number of carbonyl (C=O) groups excluding carboxylic acids is 1. The first-order valence-electron chi connectivity index (χ1n) is 12.9. The van der Waals surface area contributed by atoms with Crippen LogP contribution < -0.4 is 16.0 Å². The summed E-state index contributed by atoms with van der Waals surface area (Å²) in [5, 5.41) is 7.90. The number of halogens is 4. The van der Waals surface area contributed by atoms with E-state index in [0.717, 1.165) is 43.7 Å². The number of alkyl halides is 1. The number of nitrogen functional groups attached to an aromatic ring is 1. The van der Waals surface area contributed by atoms with E-state index in [0.29, 0.717) is 22.9 Å². The number of aromatic nitrogens is 6. The van der Waals surface area contributed by atoms with E-state index >= 15 is 0 Å². The van der Waals surface area contributed by atoms with Gasteiger partial charge < -0.3 is 25.1 Å². The number of nitrogens with one attached hydrogen (secondary N) is 1. The van der Waals surface area contributed by atoms with Crippen molar-refractivity contribution in [1.82, 2.24) is 29.9 Å². The topological polar surface area (TPSA) is 179 Å². The monoisotopic (exact) mass is 1100 g/mol. The average Bonchev–Trinajstić information content (AvgIpc) is 3.07. The minimum absolute atomic E-state index is 0. The summed E-state index contributed by atoms with van der Waals surface area (Å²) < 4.78 is 7.71. The molecule has 0 bridgehead atoms. The maximum atomic E-state index is 10.5. The summed E-state index contributed by atoms with van der Waals surface area (Å²) in [6, 6.07) is 20.3. The van der Waals surface area contributed by atoms with E-state index in [9.17, 15) is 4.79 Å². The van der Waals surface area contributed by atoms with Crippen LogP contribution in [0.25, 0.3) is 0 Å². The van der Waals surface area contributed by atoms with Crippen LogP contribution in [-0.2, 0) is 66.4 Å². The molecule has 0 saturated carbocycles. The van der Waals surface area contributed by atoms with Crippen molar-refractivity contribution >= 4 is 76.0 Å². The molecule has 0 spiro atoms. The van der Waals surface area contributed by atoms with Gasteiger partial charge in [-0.1, -0.05) is 76.6 Å². The first kappa shape index (κ1) is 48.0. The van der Waals surface area contributed by atoms with Gasteiger partial charge in [0.15, 0.2) is 0 Å². The van der Waals surface area contributed by atoms with Crippen molar-refractivity contribution < 1.29 is 64.4 Å². The van der Waals surface area contributed by atoms with Gasteiger partial charge in [-0.15, -0.1) is 0 Å². The molecule has 0 aliphatic rings. The average molecular weight is 1100 g/mol. The fourth-order valence-electron chi connectivity index (χ4n) is 2.78. The van der Waals surface area contributed by atoms with Gasteiger partial charge in [-0.25, -0.2) is 30.2 Å². The van der Waals surface area contributed by atoms with Gasteiger partial charge in [0.2, 0.25) is 5.88 Å². The third-order valence-corrected chi connectivity index (χ3v) is 7.95. The Morgan fingerprint density at radius 3 is 1.69 bits per heavy atom. The Morgan fingerprint density at radius 1 is 0.812 bits per heavy atom. The number of hydrogen-bond donors (Lipinski definition) is 3. The van der Waals surface area contributed by atoms with E-state index in [2.05, 4.69) is 111 Å². The van der Waals surface area contributed by atoms with E-state index in [1.165, 1.54) is 18.0 Å². The van der Waals surface area contributed by atoms with Gasteiger partial charge in [0.05, 0.1) is 30.0 Å². The van der Waals surface area contributed by atoms with Gasteiger partial charge in [-0.05, 0) is 86.2 Å². The number of nitrogens with two attached hydrogens (primary N) is 1. The van der Waals surface area contributed by atoms with Crippen LogP contribution in [0.1, 0.15) is 28.2 Å². The zero-order chi connectivity index (χ0) is 34.3. The second kappa shape index (κ2) is 28.7. The first-order chi connectivity index (χ1) is 22.0. The van der Waals surface area contributed by atoms with Crippen LogP contribution in [0.3, 0.4) is 0 Å². The number of aromatic amines is 1. The van der Waals surface area contributed by atoms with Gasteiger partial charge in [0, 0.05) is 33.4 Å². The van der Waals surface area contributed by atoms with Crippen molar-refractivity contribution in [2.75, 3.05) is 5.73 Å². The standard InChI is InChI=1S/C12H11BrN2O.C7H7Br.C5H6BrN3.C5H5BrN2O.CHO3.2Ag/c1-9-12(13)14-7-11(15-9)16-8-10-5-3-2-4-6-10;8-6-7-4-2-1-3-5-7;1-3-5(6)8-2-4(7)9-3;1-3-5(6)7-2-4(9)8-3;2-1-4-3;;/h2-7H,8H2,1H3;1-5H,6H2;2H,1H3,(H2,7,9);2H,1H3,(H,8,9);3H;;/q;;;;-1;;+1. The van der Waals surface area contributed by atoms with Gasteiger partial charge in [-0.2, -0.15) is 0 Å². The van der Waals surface area contributed by atoms with Crippen molar-refractivity contribution in [3.05, 3.63) is 132 Å². The van der Waals surface area contributed by atoms with Crippen LogP contribution >= 0.6 is 63.7 Å². The Bertz CT molecular complexity index is 1660. The van der Waals surface area contributed by atoms with Crippen LogP contribution in [0.4, 0.5) is 5.82 Å². The summed E-state index contributed by atoms with van der Waals surface area (Å²) in [6.07, 6.45) is 4.36. The number of anilines is 1. The van der Waals surface area contributed by atoms with Crippen molar-refractivity contribution in [1.29, 1.82) is 0 Å². The van der Waals surface area contributed by atoms with E-state index in [1.807, 2.05) is 62.4 Å². The molecule has 0 aliphatic carbocycles. The third-order valence-electron chi connectivity index (χ3n) is 4.95. The fraction of sp³-hybridized carbons (Fsp3) is 0.167. The van der Waals surface area contributed by atoms with Gasteiger partial charge >= 0.3 is 22.4 Å². The van der Waals surface area contributed by atoms with Crippen LogP contribution in [0.5, 0.6) is 5.88 Å². The Kier molecular flexibility index (Phi) is 28.7. The molecule has 12 nitrogen and oxygen atoms in total. The molecule has 2 aromatic carbocycles. The van der Waals surface area contributed by atoms with E-state index in [-0.39, 0.29) is 50.3 Å². The van der Waals surface area contributed by atoms with Crippen LogP contribution in [-0.4, -0.2) is 41.6 Å². The Hall–Kier alpha value is -2.09. The van der Waals surface area contributed by atoms with Crippen LogP contribution in [0, 0.1) is 20.8 Å². The van der Waals surface area contributed by atoms with E-state index < -0.39 is 0 Å². The molecule has 5 rings (SSSR count). The predicted octanol–water partition coefficient (Wildman–Crippen LogP) is 7.22. The molecule has 48 heavy (non-hydrogen) atoms. The molecule has 0 fully saturated rings. The molecule has 0 atom stereocenters. The van der Waals surface area contributed by atoms with Crippen molar-refractivity contribution in [2.45, 2.75) is 32.7 Å². The molecule has 1 radical (unpaired) electrons. The molecular formula is C30H30Ag2Br4N7O5. The number of hydrogen-bond acceptors (Lipinski definition) is 11. The van der Waals surface area contributed by atoms with E-state index in [4.69, 9.17) is 20.5 Å². The van der Waals surface area contributed by atoms with E-state index in [1.54, 1.807) is 13.1 Å². The van der Waals surface area contributed by atoms with Crippen LogP contribution in [0.15, 0.2) is 97.9 Å². The molecule has 0 aliphatic heterocycles. The predicted molar refractivity (Wildman–Crippen MR) is 190 cm³/mol. The molecule has 0 amide bonds. The molecule has 3 aromatic heterocycles. The second-order valence-electron chi connectivity index (χ2n) is 8.49. The van der Waals surface area contributed by atoms with Crippen LogP contribution in [0.2, 0.25) is 0 Å². The number of nitrogens with zero attached hydrogens (tertiary/aromatic N) is 5. The summed E-state index contributed by atoms with van der Waals surface area (Å²) in [7, 11) is 0. The fourth-order valence-corrected chi connectivity index (χ4v) is 3.74. The normalized spacial score (nSPS) is 8.92. The summed E-state index contributed by atoms with van der Waals surface area (Å²) >= 11 is 13.0. The molecule has 3 heterocycles. The molecule has 4 N–H and O–H groups in total. The molecule has 265 valence electrons. The van der Waals surface area contributed by atoms with Gasteiger partial charge in [0.25, 0.3) is 5.56 Å². The smallest absolute Gasteiger partial charge is 0.509 e.